The lowest BCUT2D eigenvalue weighted by molar-refractivity contribution is -0.109. The summed E-state index contributed by atoms with van der Waals surface area (Å²) in [4.78, 5) is 15.1. The molecule has 0 saturated carbocycles. The van der Waals surface area contributed by atoms with Crippen molar-refractivity contribution in [2.24, 2.45) is 0 Å². The Kier molecular flexibility index (Phi) is 5.58. The van der Waals surface area contributed by atoms with Gasteiger partial charge in [0.2, 0.25) is 0 Å². The first-order valence-corrected chi connectivity index (χ1v) is 7.89. The number of carbonyl (C=O) groups excluding carboxylic acids is 1. The van der Waals surface area contributed by atoms with Crippen molar-refractivity contribution in [2.75, 3.05) is 5.75 Å². The zero-order chi connectivity index (χ0) is 15.4. The van der Waals surface area contributed by atoms with Crippen LogP contribution in [0.15, 0.2) is 30.5 Å². The van der Waals surface area contributed by atoms with Gasteiger partial charge in [0.25, 0.3) is 0 Å². The SMILES string of the molecule is CC(=O)SCCC(O)C(O)c1ccnc2cc(Cl)ccc12. The molecule has 0 spiro atoms. The normalized spacial score (nSPS) is 14.1. The molecule has 0 amide bonds. The van der Waals surface area contributed by atoms with Crippen LogP contribution in [-0.4, -0.2) is 32.2 Å². The standard InChI is InChI=1S/C15H16ClNO3S/c1-9(18)21-7-5-14(19)15(20)12-4-6-17-13-8-10(16)2-3-11(12)13/h2-4,6,8,14-15,19-20H,5,7H2,1H3. The highest BCUT2D eigenvalue weighted by Gasteiger charge is 2.20. The van der Waals surface area contributed by atoms with Gasteiger partial charge in [-0.05, 0) is 30.2 Å². The average Bonchev–Trinajstić information content (AvgIpc) is 2.45. The number of halogens is 1. The topological polar surface area (TPSA) is 70.4 Å². The van der Waals surface area contributed by atoms with E-state index in [-0.39, 0.29) is 5.12 Å². The Labute approximate surface area is 132 Å². The molecule has 2 unspecified atom stereocenters. The summed E-state index contributed by atoms with van der Waals surface area (Å²) in [5.41, 5.74) is 1.28. The number of aromatic nitrogens is 1. The molecule has 1 aromatic carbocycles. The highest BCUT2D eigenvalue weighted by atomic mass is 35.5. The molecule has 0 bridgehead atoms. The minimum Gasteiger partial charge on any atom is -0.390 e. The van der Waals surface area contributed by atoms with Gasteiger partial charge in [-0.1, -0.05) is 29.4 Å². The second-order valence-corrected chi connectivity index (χ2v) is 6.41. The first-order valence-electron chi connectivity index (χ1n) is 6.52. The third-order valence-corrected chi connectivity index (χ3v) is 4.22. The summed E-state index contributed by atoms with van der Waals surface area (Å²) in [6, 6.07) is 6.90. The molecular formula is C15H16ClNO3S. The summed E-state index contributed by atoms with van der Waals surface area (Å²) in [6.07, 6.45) is -0.0424. The molecule has 0 saturated heterocycles. The molecule has 21 heavy (non-hydrogen) atoms. The number of hydrogen-bond donors (Lipinski definition) is 2. The molecule has 2 aromatic rings. The fraction of sp³-hybridized carbons (Fsp3) is 0.333. The van der Waals surface area contributed by atoms with E-state index in [4.69, 9.17) is 11.6 Å². The van der Waals surface area contributed by atoms with Gasteiger partial charge in [-0.2, -0.15) is 0 Å². The van der Waals surface area contributed by atoms with Crippen LogP contribution in [0.25, 0.3) is 10.9 Å². The van der Waals surface area contributed by atoms with Crippen LogP contribution in [-0.2, 0) is 4.79 Å². The predicted molar refractivity (Wildman–Crippen MR) is 85.5 cm³/mol. The van der Waals surface area contributed by atoms with Crippen LogP contribution in [0.3, 0.4) is 0 Å². The molecule has 4 nitrogen and oxygen atoms in total. The Bertz CT molecular complexity index is 650. The number of rotatable bonds is 5. The number of pyridine rings is 1. The fourth-order valence-electron chi connectivity index (χ4n) is 2.09. The highest BCUT2D eigenvalue weighted by Crippen LogP contribution is 2.28. The molecule has 0 fully saturated rings. The van der Waals surface area contributed by atoms with Gasteiger partial charge < -0.3 is 10.2 Å². The Balaban J connectivity index is 2.18. The largest absolute Gasteiger partial charge is 0.390 e. The second-order valence-electron chi connectivity index (χ2n) is 4.70. The van der Waals surface area contributed by atoms with Gasteiger partial charge in [0.05, 0.1) is 11.6 Å². The smallest absolute Gasteiger partial charge is 0.185 e. The maximum absolute atomic E-state index is 10.9. The molecule has 2 N–H and O–H groups in total. The van der Waals surface area contributed by atoms with Crippen LogP contribution >= 0.6 is 23.4 Å². The number of hydrogen-bond acceptors (Lipinski definition) is 5. The second kappa shape index (κ2) is 7.22. The van der Waals surface area contributed by atoms with E-state index < -0.39 is 12.2 Å². The van der Waals surface area contributed by atoms with Crippen molar-refractivity contribution < 1.29 is 15.0 Å². The van der Waals surface area contributed by atoms with E-state index in [9.17, 15) is 15.0 Å². The Hall–Kier alpha value is -1.14. The van der Waals surface area contributed by atoms with E-state index in [0.29, 0.717) is 28.3 Å². The van der Waals surface area contributed by atoms with Gasteiger partial charge in [0.1, 0.15) is 6.10 Å². The van der Waals surface area contributed by atoms with Gasteiger partial charge in [0.15, 0.2) is 5.12 Å². The monoisotopic (exact) mass is 325 g/mol. The molecule has 0 aliphatic heterocycles. The molecule has 2 atom stereocenters. The van der Waals surface area contributed by atoms with Crippen molar-refractivity contribution in [2.45, 2.75) is 25.6 Å². The van der Waals surface area contributed by atoms with Crippen LogP contribution in [0.5, 0.6) is 0 Å². The molecule has 1 aromatic heterocycles. The van der Waals surface area contributed by atoms with Gasteiger partial charge in [-0.3, -0.25) is 9.78 Å². The summed E-state index contributed by atoms with van der Waals surface area (Å²) in [5, 5.41) is 21.7. The maximum atomic E-state index is 10.9. The zero-order valence-corrected chi connectivity index (χ0v) is 13.1. The first-order chi connectivity index (χ1) is 9.99. The minimum atomic E-state index is -1.02. The predicted octanol–water partition coefficient (Wildman–Crippen LogP) is 2.95. The van der Waals surface area contributed by atoms with Crippen molar-refractivity contribution in [3.05, 3.63) is 41.0 Å². The van der Waals surface area contributed by atoms with Crippen molar-refractivity contribution >= 4 is 39.4 Å². The van der Waals surface area contributed by atoms with E-state index in [2.05, 4.69) is 4.98 Å². The molecule has 0 aliphatic carbocycles. The van der Waals surface area contributed by atoms with Crippen molar-refractivity contribution in [3.63, 3.8) is 0 Å². The summed E-state index contributed by atoms with van der Waals surface area (Å²) in [7, 11) is 0. The lowest BCUT2D eigenvalue weighted by Crippen LogP contribution is -2.19. The maximum Gasteiger partial charge on any atom is 0.185 e. The van der Waals surface area contributed by atoms with E-state index in [1.807, 2.05) is 0 Å². The molecule has 1 heterocycles. The Morgan fingerprint density at radius 2 is 2.14 bits per heavy atom. The van der Waals surface area contributed by atoms with Gasteiger partial charge in [-0.25, -0.2) is 0 Å². The molecule has 6 heteroatoms. The lowest BCUT2D eigenvalue weighted by Gasteiger charge is -2.19. The number of carbonyl (C=O) groups is 1. The summed E-state index contributed by atoms with van der Waals surface area (Å²) >= 11 is 7.06. The summed E-state index contributed by atoms with van der Waals surface area (Å²) < 4.78 is 0. The number of aliphatic hydroxyl groups is 2. The Morgan fingerprint density at radius 3 is 2.86 bits per heavy atom. The van der Waals surface area contributed by atoms with Crippen LogP contribution in [0, 0.1) is 0 Å². The third-order valence-electron chi connectivity index (χ3n) is 3.14. The van der Waals surface area contributed by atoms with E-state index >= 15 is 0 Å². The van der Waals surface area contributed by atoms with E-state index in [1.54, 1.807) is 30.5 Å². The van der Waals surface area contributed by atoms with Crippen molar-refractivity contribution in [1.29, 1.82) is 0 Å². The minimum absolute atomic E-state index is 0.000641. The van der Waals surface area contributed by atoms with Crippen LogP contribution < -0.4 is 0 Å². The van der Waals surface area contributed by atoms with Crippen molar-refractivity contribution in [1.82, 2.24) is 4.98 Å². The van der Waals surface area contributed by atoms with Crippen LogP contribution in [0.2, 0.25) is 5.02 Å². The van der Waals surface area contributed by atoms with Gasteiger partial charge in [-0.15, -0.1) is 0 Å². The number of fused-ring (bicyclic) bond motifs is 1. The van der Waals surface area contributed by atoms with Gasteiger partial charge >= 0.3 is 0 Å². The molecule has 0 aliphatic rings. The van der Waals surface area contributed by atoms with Crippen LogP contribution in [0.1, 0.15) is 25.0 Å². The first kappa shape index (κ1) is 16.2. The molecule has 0 radical (unpaired) electrons. The number of nitrogens with zero attached hydrogens (tertiary/aromatic N) is 1. The highest BCUT2D eigenvalue weighted by molar-refractivity contribution is 8.13. The van der Waals surface area contributed by atoms with Gasteiger partial charge in [0, 0.05) is 29.3 Å². The van der Waals surface area contributed by atoms with E-state index in [1.165, 1.54) is 6.92 Å². The fourth-order valence-corrected chi connectivity index (χ4v) is 2.90. The molecule has 112 valence electrons. The Morgan fingerprint density at radius 1 is 1.38 bits per heavy atom. The molecule has 2 rings (SSSR count). The zero-order valence-electron chi connectivity index (χ0n) is 11.5. The third kappa shape index (κ3) is 4.17. The summed E-state index contributed by atoms with van der Waals surface area (Å²) in [5.74, 6) is 0.475. The number of aliphatic hydroxyl groups excluding tert-OH is 2. The number of thioether (sulfide) groups is 1. The number of benzene rings is 1. The quantitative estimate of drug-likeness (QED) is 0.884. The van der Waals surface area contributed by atoms with Crippen LogP contribution in [0.4, 0.5) is 0 Å². The van der Waals surface area contributed by atoms with E-state index in [0.717, 1.165) is 17.1 Å². The lowest BCUT2D eigenvalue weighted by atomic mass is 9.99. The van der Waals surface area contributed by atoms with Crippen molar-refractivity contribution in [3.8, 4) is 0 Å². The summed E-state index contributed by atoms with van der Waals surface area (Å²) in [6.45, 7) is 1.48. The molecular weight excluding hydrogens is 310 g/mol. The average molecular weight is 326 g/mol.